The van der Waals surface area contributed by atoms with Crippen LogP contribution in [0.25, 0.3) is 11.0 Å². The molecule has 0 saturated heterocycles. The summed E-state index contributed by atoms with van der Waals surface area (Å²) in [5.74, 6) is -0.0671. The predicted molar refractivity (Wildman–Crippen MR) is 46.8 cm³/mol. The van der Waals surface area contributed by atoms with Crippen LogP contribution < -0.4 is 5.56 Å². The number of carbonyl (C=O) groups excluding carboxylic acids is 1. The topological polar surface area (TPSA) is 63.1 Å². The van der Waals surface area contributed by atoms with Crippen LogP contribution in [0.2, 0.25) is 0 Å². The molecule has 0 aliphatic rings. The second kappa shape index (κ2) is 2.58. The Morgan fingerprint density at radius 2 is 2.23 bits per heavy atom. The van der Waals surface area contributed by atoms with E-state index in [-0.39, 0.29) is 11.3 Å². The third-order valence-electron chi connectivity index (χ3n) is 1.88. The molecule has 4 heteroatoms. The number of rotatable bonds is 1. The van der Waals surface area contributed by atoms with Crippen LogP contribution in [-0.2, 0) is 0 Å². The lowest BCUT2D eigenvalue weighted by Gasteiger charge is -1.91. The van der Waals surface area contributed by atoms with E-state index in [0.29, 0.717) is 16.5 Å². The number of benzene rings is 1. The van der Waals surface area contributed by atoms with Crippen LogP contribution in [0.4, 0.5) is 0 Å². The van der Waals surface area contributed by atoms with Gasteiger partial charge in [0.15, 0.2) is 11.4 Å². The molecule has 0 unspecified atom stereocenters. The molecule has 1 aromatic carbocycles. The van der Waals surface area contributed by atoms with Crippen molar-refractivity contribution in [2.24, 2.45) is 0 Å². The van der Waals surface area contributed by atoms with Crippen molar-refractivity contribution in [2.45, 2.75) is 6.92 Å². The molecule has 1 aromatic heterocycles. The third kappa shape index (κ3) is 1.16. The van der Waals surface area contributed by atoms with Gasteiger partial charge in [-0.1, -0.05) is 0 Å². The average Bonchev–Trinajstić information content (AvgIpc) is 2.47. The van der Waals surface area contributed by atoms with Gasteiger partial charge >= 0.3 is 0 Å². The Morgan fingerprint density at radius 1 is 1.46 bits per heavy atom. The van der Waals surface area contributed by atoms with Crippen LogP contribution in [0.15, 0.2) is 27.5 Å². The molecule has 2 aromatic rings. The smallest absolute Gasteiger partial charge is 0.287 e. The van der Waals surface area contributed by atoms with Gasteiger partial charge in [0.2, 0.25) is 0 Å². The summed E-state index contributed by atoms with van der Waals surface area (Å²) >= 11 is 0. The number of fused-ring (bicyclic) bond motifs is 1. The van der Waals surface area contributed by atoms with Crippen LogP contribution in [0.3, 0.4) is 0 Å². The van der Waals surface area contributed by atoms with Gasteiger partial charge in [0.1, 0.15) is 0 Å². The highest BCUT2D eigenvalue weighted by atomic mass is 16.5. The van der Waals surface area contributed by atoms with Gasteiger partial charge in [0, 0.05) is 5.56 Å². The summed E-state index contributed by atoms with van der Waals surface area (Å²) < 4.78 is 4.83. The maximum atomic E-state index is 11.1. The Bertz CT molecular complexity index is 521. The van der Waals surface area contributed by atoms with Crippen LogP contribution in [0.1, 0.15) is 17.3 Å². The minimum atomic E-state index is -0.307. The van der Waals surface area contributed by atoms with Crippen molar-refractivity contribution in [3.8, 4) is 0 Å². The number of H-pyrrole nitrogens is 1. The first kappa shape index (κ1) is 7.79. The minimum Gasteiger partial charge on any atom is -0.378 e. The first-order chi connectivity index (χ1) is 6.18. The summed E-state index contributed by atoms with van der Waals surface area (Å²) in [5, 5.41) is 2.61. The van der Waals surface area contributed by atoms with Gasteiger partial charge in [-0.15, -0.1) is 0 Å². The zero-order valence-electron chi connectivity index (χ0n) is 6.96. The van der Waals surface area contributed by atoms with Gasteiger partial charge in [0.25, 0.3) is 5.56 Å². The Kier molecular flexibility index (Phi) is 1.55. The van der Waals surface area contributed by atoms with Gasteiger partial charge in [-0.25, -0.2) is 0 Å². The number of nitrogens with one attached hydrogen (secondary N) is 1. The van der Waals surface area contributed by atoms with Crippen LogP contribution in [0, 0.1) is 0 Å². The second-order valence-corrected chi connectivity index (χ2v) is 2.80. The summed E-state index contributed by atoms with van der Waals surface area (Å²) in [6.45, 7) is 1.45. The Hall–Kier alpha value is -1.84. The van der Waals surface area contributed by atoms with Crippen LogP contribution in [-0.4, -0.2) is 10.9 Å². The average molecular weight is 177 g/mol. The van der Waals surface area contributed by atoms with Crippen LogP contribution in [0.5, 0.6) is 0 Å². The first-order valence-electron chi connectivity index (χ1n) is 3.80. The fraction of sp³-hybridized carbons (Fsp3) is 0.111. The normalized spacial score (nSPS) is 10.5. The van der Waals surface area contributed by atoms with E-state index in [1.807, 2.05) is 0 Å². The zero-order valence-corrected chi connectivity index (χ0v) is 6.96. The van der Waals surface area contributed by atoms with Crippen LogP contribution >= 0.6 is 0 Å². The molecule has 4 nitrogen and oxygen atoms in total. The summed E-state index contributed by atoms with van der Waals surface area (Å²) in [5.41, 5.74) is 0.674. The monoisotopic (exact) mass is 177 g/mol. The van der Waals surface area contributed by atoms with Crippen molar-refractivity contribution < 1.29 is 9.32 Å². The molecule has 0 aliphatic heterocycles. The predicted octanol–water partition coefficient (Wildman–Crippen LogP) is 1.32. The van der Waals surface area contributed by atoms with Crippen molar-refractivity contribution in [2.75, 3.05) is 0 Å². The Morgan fingerprint density at radius 3 is 2.92 bits per heavy atom. The maximum absolute atomic E-state index is 11.1. The molecule has 66 valence electrons. The minimum absolute atomic E-state index is 0.0671. The standard InChI is InChI=1S/C9H7NO3/c1-5(11)6-2-3-8-7(4-6)9(12)10-13-8/h2-4H,1H3,(H,10,12). The van der Waals surface area contributed by atoms with E-state index >= 15 is 0 Å². The van der Waals surface area contributed by atoms with Gasteiger partial charge in [-0.3, -0.25) is 9.59 Å². The molecule has 2 rings (SSSR count). The van der Waals surface area contributed by atoms with E-state index in [4.69, 9.17) is 4.52 Å². The second-order valence-electron chi connectivity index (χ2n) is 2.80. The number of hydrogen-bond acceptors (Lipinski definition) is 3. The highest BCUT2D eigenvalue weighted by molar-refractivity contribution is 5.97. The number of carbonyl (C=O) groups is 1. The number of aromatic amines is 1. The molecule has 1 heterocycles. The third-order valence-corrected chi connectivity index (χ3v) is 1.88. The van der Waals surface area contributed by atoms with Gasteiger partial charge in [-0.05, 0) is 25.1 Å². The van der Waals surface area contributed by atoms with Crippen molar-refractivity contribution in [1.82, 2.24) is 5.16 Å². The lowest BCUT2D eigenvalue weighted by molar-refractivity contribution is 0.101. The summed E-state index contributed by atoms with van der Waals surface area (Å²) in [7, 11) is 0. The molecule has 0 bridgehead atoms. The number of hydrogen-bond donors (Lipinski definition) is 1. The SMILES string of the molecule is CC(=O)c1ccc2o[nH]c(=O)c2c1. The van der Waals surface area contributed by atoms with Gasteiger partial charge < -0.3 is 4.52 Å². The Balaban J connectivity index is 2.80. The highest BCUT2D eigenvalue weighted by Crippen LogP contribution is 2.11. The highest BCUT2D eigenvalue weighted by Gasteiger charge is 2.05. The van der Waals surface area contributed by atoms with Crippen molar-refractivity contribution in [1.29, 1.82) is 0 Å². The van der Waals surface area contributed by atoms with Crippen molar-refractivity contribution >= 4 is 16.8 Å². The lowest BCUT2D eigenvalue weighted by atomic mass is 10.1. The number of Topliss-reactive ketones (excluding diaryl/α,β-unsaturated/α-hetero) is 1. The van der Waals surface area contributed by atoms with E-state index < -0.39 is 0 Å². The summed E-state index contributed by atoms with van der Waals surface area (Å²) in [6.07, 6.45) is 0. The molecular weight excluding hydrogens is 170 g/mol. The molecule has 0 atom stereocenters. The lowest BCUT2D eigenvalue weighted by Crippen LogP contribution is -1.98. The zero-order chi connectivity index (χ0) is 9.42. The van der Waals surface area contributed by atoms with E-state index in [2.05, 4.69) is 5.16 Å². The van der Waals surface area contributed by atoms with Crippen molar-refractivity contribution in [3.63, 3.8) is 0 Å². The number of aromatic nitrogens is 1. The molecule has 0 saturated carbocycles. The molecule has 0 amide bonds. The molecule has 0 radical (unpaired) electrons. The summed E-state index contributed by atoms with van der Waals surface area (Å²) in [6, 6.07) is 4.76. The fourth-order valence-electron chi connectivity index (χ4n) is 1.17. The molecule has 0 fully saturated rings. The Labute approximate surface area is 73.1 Å². The molecule has 0 aliphatic carbocycles. The maximum Gasteiger partial charge on any atom is 0.287 e. The van der Waals surface area contributed by atoms with Gasteiger partial charge in [0.05, 0.1) is 5.39 Å². The number of ketones is 1. The largest absolute Gasteiger partial charge is 0.378 e. The van der Waals surface area contributed by atoms with E-state index in [0.717, 1.165) is 0 Å². The van der Waals surface area contributed by atoms with Gasteiger partial charge in [-0.2, -0.15) is 5.16 Å². The molecule has 0 spiro atoms. The quantitative estimate of drug-likeness (QED) is 0.668. The van der Waals surface area contributed by atoms with Crippen molar-refractivity contribution in [3.05, 3.63) is 34.1 Å². The molecule has 13 heavy (non-hydrogen) atoms. The molecular formula is C9H7NO3. The summed E-state index contributed by atoms with van der Waals surface area (Å²) in [4.78, 5) is 22.1. The fourth-order valence-corrected chi connectivity index (χ4v) is 1.17. The van der Waals surface area contributed by atoms with E-state index in [1.165, 1.54) is 13.0 Å². The van der Waals surface area contributed by atoms with E-state index in [9.17, 15) is 9.59 Å². The van der Waals surface area contributed by atoms with E-state index in [1.54, 1.807) is 12.1 Å². The first-order valence-corrected chi connectivity index (χ1v) is 3.80. The molecule has 1 N–H and O–H groups in total.